The zero-order chi connectivity index (χ0) is 20.3. The summed E-state index contributed by atoms with van der Waals surface area (Å²) < 4.78 is 27.6. The number of hydrogen-bond acceptors (Lipinski definition) is 6. The molecular weight excluding hydrogens is 420 g/mol. The number of rotatable bonds is 5. The Labute approximate surface area is 174 Å². The van der Waals surface area contributed by atoms with E-state index in [4.69, 9.17) is 11.6 Å². The Kier molecular flexibility index (Phi) is 6.72. The van der Waals surface area contributed by atoms with Crippen molar-refractivity contribution in [2.45, 2.75) is 31.7 Å². The summed E-state index contributed by atoms with van der Waals surface area (Å²) in [5.74, 6) is -0.263. The maximum absolute atomic E-state index is 13.0. The first-order valence-electron chi connectivity index (χ1n) is 8.96. The topological polar surface area (TPSA) is 82.6 Å². The minimum absolute atomic E-state index is 0.134. The number of nitrogens with zero attached hydrogens (tertiary/aromatic N) is 3. The summed E-state index contributed by atoms with van der Waals surface area (Å²) in [5.41, 5.74) is 1.42. The monoisotopic (exact) mass is 442 g/mol. The lowest BCUT2D eigenvalue weighted by atomic mass is 10.3. The number of amides is 1. The Balaban J connectivity index is 1.70. The van der Waals surface area contributed by atoms with Gasteiger partial charge in [0.05, 0.1) is 26.3 Å². The Morgan fingerprint density at radius 3 is 2.71 bits per heavy atom. The van der Waals surface area contributed by atoms with Crippen molar-refractivity contribution in [3.8, 4) is 0 Å². The van der Waals surface area contributed by atoms with Crippen molar-refractivity contribution in [3.63, 3.8) is 0 Å². The highest BCUT2D eigenvalue weighted by Gasteiger charge is 2.27. The van der Waals surface area contributed by atoms with Crippen molar-refractivity contribution in [1.29, 1.82) is 0 Å². The lowest BCUT2D eigenvalue weighted by Gasteiger charge is -2.21. The lowest BCUT2D eigenvalue weighted by molar-refractivity contribution is -0.114. The standard InChI is InChI=1S/C18H23ClN4O3S2/c1-13(24)20-18-5-4-16(10-17(18)19)28(25,26)23-7-3-6-22(8-9-23)11-15-12-27-14(2)21-15/h4-5,10,12H,3,6-9,11H2,1-2H3,(H,20,24). The van der Waals surface area contributed by atoms with E-state index in [0.717, 1.165) is 30.2 Å². The zero-order valence-corrected chi connectivity index (χ0v) is 18.2. The number of anilines is 1. The van der Waals surface area contributed by atoms with Crippen molar-refractivity contribution >= 4 is 44.6 Å². The van der Waals surface area contributed by atoms with Crippen molar-refractivity contribution in [2.75, 3.05) is 31.5 Å². The predicted octanol–water partition coefficient (Wildman–Crippen LogP) is 2.96. The smallest absolute Gasteiger partial charge is 0.243 e. The van der Waals surface area contributed by atoms with E-state index in [2.05, 4.69) is 15.2 Å². The molecule has 2 aromatic rings. The van der Waals surface area contributed by atoms with Crippen molar-refractivity contribution in [1.82, 2.24) is 14.2 Å². The molecule has 2 heterocycles. The number of hydrogen-bond donors (Lipinski definition) is 1. The minimum Gasteiger partial charge on any atom is -0.325 e. The van der Waals surface area contributed by atoms with Gasteiger partial charge in [-0.2, -0.15) is 4.31 Å². The van der Waals surface area contributed by atoms with E-state index >= 15 is 0 Å². The molecule has 0 spiro atoms. The minimum atomic E-state index is -3.65. The highest BCUT2D eigenvalue weighted by molar-refractivity contribution is 7.89. The van der Waals surface area contributed by atoms with Gasteiger partial charge in [-0.1, -0.05) is 11.6 Å². The van der Waals surface area contributed by atoms with Crippen LogP contribution in [0.2, 0.25) is 5.02 Å². The molecule has 0 bridgehead atoms. The molecule has 1 saturated heterocycles. The molecule has 0 saturated carbocycles. The molecule has 1 N–H and O–H groups in total. The quantitative estimate of drug-likeness (QED) is 0.769. The predicted molar refractivity (Wildman–Crippen MR) is 111 cm³/mol. The number of aryl methyl sites for hydroxylation is 1. The summed E-state index contributed by atoms with van der Waals surface area (Å²) in [4.78, 5) is 18.0. The van der Waals surface area contributed by atoms with Crippen LogP contribution in [0, 0.1) is 6.92 Å². The Bertz CT molecular complexity index is 961. The van der Waals surface area contributed by atoms with Crippen LogP contribution in [0.25, 0.3) is 0 Å². The fraction of sp³-hybridized carbons (Fsp3) is 0.444. The third-order valence-electron chi connectivity index (χ3n) is 4.49. The third kappa shape index (κ3) is 5.09. The SMILES string of the molecule is CC(=O)Nc1ccc(S(=O)(=O)N2CCCN(Cc3csc(C)n3)CC2)cc1Cl. The zero-order valence-electron chi connectivity index (χ0n) is 15.8. The van der Waals surface area contributed by atoms with Gasteiger partial charge in [-0.25, -0.2) is 13.4 Å². The number of halogens is 1. The van der Waals surface area contributed by atoms with E-state index in [9.17, 15) is 13.2 Å². The van der Waals surface area contributed by atoms with Gasteiger partial charge >= 0.3 is 0 Å². The summed E-state index contributed by atoms with van der Waals surface area (Å²) in [6.45, 7) is 6.43. The molecule has 0 unspecified atom stereocenters. The Hall–Kier alpha value is -1.52. The molecule has 10 heteroatoms. The first kappa shape index (κ1) is 21.2. The fourth-order valence-corrected chi connectivity index (χ4v) is 5.54. The van der Waals surface area contributed by atoms with E-state index in [1.807, 2.05) is 12.3 Å². The number of aromatic nitrogens is 1. The van der Waals surface area contributed by atoms with Gasteiger partial charge in [0.1, 0.15) is 0 Å². The molecule has 1 fully saturated rings. The van der Waals surface area contributed by atoms with Gasteiger partial charge < -0.3 is 5.32 Å². The van der Waals surface area contributed by atoms with Crippen molar-refractivity contribution in [2.24, 2.45) is 0 Å². The molecule has 1 aromatic heterocycles. The largest absolute Gasteiger partial charge is 0.325 e. The van der Waals surface area contributed by atoms with Crippen LogP contribution in [0.1, 0.15) is 24.0 Å². The van der Waals surface area contributed by atoms with Crippen LogP contribution in [0.15, 0.2) is 28.5 Å². The van der Waals surface area contributed by atoms with Gasteiger partial charge in [0.15, 0.2) is 0 Å². The van der Waals surface area contributed by atoms with Gasteiger partial charge in [-0.3, -0.25) is 9.69 Å². The number of carbonyl (C=O) groups is 1. The highest BCUT2D eigenvalue weighted by atomic mass is 35.5. The summed E-state index contributed by atoms with van der Waals surface area (Å²) in [5, 5.41) is 5.87. The molecule has 1 aromatic carbocycles. The lowest BCUT2D eigenvalue weighted by Crippen LogP contribution is -2.35. The number of carbonyl (C=O) groups excluding carboxylic acids is 1. The molecule has 152 valence electrons. The highest BCUT2D eigenvalue weighted by Crippen LogP contribution is 2.27. The summed E-state index contributed by atoms with van der Waals surface area (Å²) in [6.07, 6.45) is 0.750. The van der Waals surface area contributed by atoms with Crippen LogP contribution in [-0.2, 0) is 21.4 Å². The normalized spacial score (nSPS) is 16.7. The van der Waals surface area contributed by atoms with Gasteiger partial charge in [-0.05, 0) is 38.1 Å². The van der Waals surface area contributed by atoms with E-state index < -0.39 is 10.0 Å². The molecule has 0 aliphatic carbocycles. The first-order chi connectivity index (χ1) is 13.3. The first-order valence-corrected chi connectivity index (χ1v) is 11.7. The van der Waals surface area contributed by atoms with E-state index in [1.165, 1.54) is 29.4 Å². The molecule has 28 heavy (non-hydrogen) atoms. The molecule has 0 atom stereocenters. The molecule has 0 radical (unpaired) electrons. The van der Waals surface area contributed by atoms with Crippen LogP contribution in [0.3, 0.4) is 0 Å². The number of thiazole rings is 1. The number of nitrogens with one attached hydrogen (secondary N) is 1. The molecular formula is C18H23ClN4O3S2. The second kappa shape index (κ2) is 8.87. The van der Waals surface area contributed by atoms with Crippen LogP contribution in [0.5, 0.6) is 0 Å². The van der Waals surface area contributed by atoms with Gasteiger partial charge in [0.2, 0.25) is 15.9 Å². The summed E-state index contributed by atoms with van der Waals surface area (Å²) in [7, 11) is -3.65. The summed E-state index contributed by atoms with van der Waals surface area (Å²) >= 11 is 7.78. The second-order valence-electron chi connectivity index (χ2n) is 6.71. The van der Waals surface area contributed by atoms with E-state index in [-0.39, 0.29) is 15.8 Å². The van der Waals surface area contributed by atoms with Gasteiger partial charge in [0, 0.05) is 38.5 Å². The van der Waals surface area contributed by atoms with Gasteiger partial charge in [-0.15, -0.1) is 11.3 Å². The van der Waals surface area contributed by atoms with Crippen molar-refractivity contribution in [3.05, 3.63) is 39.3 Å². The fourth-order valence-electron chi connectivity index (χ4n) is 3.15. The maximum Gasteiger partial charge on any atom is 0.243 e. The Morgan fingerprint density at radius 1 is 1.29 bits per heavy atom. The molecule has 1 amide bonds. The number of benzene rings is 1. The Morgan fingerprint density at radius 2 is 2.07 bits per heavy atom. The van der Waals surface area contributed by atoms with E-state index in [0.29, 0.717) is 25.3 Å². The molecule has 7 nitrogen and oxygen atoms in total. The molecule has 1 aliphatic heterocycles. The molecule has 3 rings (SSSR count). The van der Waals surface area contributed by atoms with E-state index in [1.54, 1.807) is 11.3 Å². The van der Waals surface area contributed by atoms with Crippen LogP contribution >= 0.6 is 22.9 Å². The third-order valence-corrected chi connectivity index (χ3v) is 7.52. The van der Waals surface area contributed by atoms with Crippen LogP contribution in [-0.4, -0.2) is 54.7 Å². The van der Waals surface area contributed by atoms with Crippen molar-refractivity contribution < 1.29 is 13.2 Å². The van der Waals surface area contributed by atoms with Gasteiger partial charge in [0.25, 0.3) is 0 Å². The number of sulfonamides is 1. The molecule has 1 aliphatic rings. The average molecular weight is 443 g/mol. The average Bonchev–Trinajstić information content (AvgIpc) is 2.88. The van der Waals surface area contributed by atoms with Crippen LogP contribution < -0.4 is 5.32 Å². The van der Waals surface area contributed by atoms with Crippen LogP contribution in [0.4, 0.5) is 5.69 Å². The second-order valence-corrected chi connectivity index (χ2v) is 10.1. The summed E-state index contributed by atoms with van der Waals surface area (Å²) in [6, 6.07) is 4.39. The maximum atomic E-state index is 13.0.